The maximum absolute atomic E-state index is 12.2. The van der Waals surface area contributed by atoms with Gasteiger partial charge in [0.25, 0.3) is 0 Å². The van der Waals surface area contributed by atoms with Crippen molar-refractivity contribution >= 4 is 40.9 Å². The van der Waals surface area contributed by atoms with E-state index >= 15 is 0 Å². The second-order valence-electron chi connectivity index (χ2n) is 6.44. The van der Waals surface area contributed by atoms with Crippen LogP contribution >= 0.6 is 35.0 Å². The molecule has 29 heavy (non-hydrogen) atoms. The minimum absolute atomic E-state index is 0.125. The third kappa shape index (κ3) is 4.95. The average Bonchev–Trinajstić information content (AvgIpc) is 3.03. The second kappa shape index (κ2) is 8.94. The molecule has 1 amide bonds. The number of aryl methyl sites for hydroxylation is 2. The van der Waals surface area contributed by atoms with Crippen molar-refractivity contribution in [2.24, 2.45) is 0 Å². The summed E-state index contributed by atoms with van der Waals surface area (Å²) >= 11 is 13.3. The summed E-state index contributed by atoms with van der Waals surface area (Å²) in [5, 5.41) is 22.1. The van der Waals surface area contributed by atoms with Crippen molar-refractivity contribution in [2.45, 2.75) is 25.5 Å². The topological polar surface area (TPSA) is 106 Å². The molecule has 0 aliphatic heterocycles. The highest BCUT2D eigenvalue weighted by atomic mass is 35.5. The van der Waals surface area contributed by atoms with E-state index in [1.165, 1.54) is 16.4 Å². The summed E-state index contributed by atoms with van der Waals surface area (Å²) in [5.74, 6) is 6.67. The van der Waals surface area contributed by atoms with Crippen molar-refractivity contribution in [3.05, 3.63) is 57.1 Å². The fourth-order valence-electron chi connectivity index (χ4n) is 2.76. The Labute approximate surface area is 182 Å². The molecule has 0 saturated heterocycles. The zero-order valence-electron chi connectivity index (χ0n) is 15.7. The molecule has 0 aliphatic carbocycles. The molecule has 2 aromatic carbocycles. The number of nitrogens with one attached hydrogen (secondary N) is 1. The number of aromatic nitrogens is 3. The molecule has 3 rings (SSSR count). The Hall–Kier alpha value is -2.42. The Morgan fingerprint density at radius 1 is 1.21 bits per heavy atom. The zero-order chi connectivity index (χ0) is 21.1. The fraction of sp³-hybridized carbons (Fsp3) is 0.211. The SMILES string of the molecule is Cc1cc(CNC(=O)CSc2nnc(-c3ccc(Cl)cc3Cl)n2N)cc(C)c1O. The zero-order valence-corrected chi connectivity index (χ0v) is 18.1. The number of carbonyl (C=O) groups is 1. The van der Waals surface area contributed by atoms with Crippen LogP contribution < -0.4 is 11.2 Å². The van der Waals surface area contributed by atoms with E-state index in [4.69, 9.17) is 29.0 Å². The molecule has 0 unspecified atom stereocenters. The van der Waals surface area contributed by atoms with Gasteiger partial charge in [0.1, 0.15) is 5.75 Å². The van der Waals surface area contributed by atoms with Gasteiger partial charge in [-0.05, 0) is 48.7 Å². The molecule has 7 nitrogen and oxygen atoms in total. The number of nitrogens with two attached hydrogens (primary N) is 1. The first kappa shape index (κ1) is 21.3. The molecule has 10 heteroatoms. The number of hydrogen-bond acceptors (Lipinski definition) is 6. The Bertz CT molecular complexity index is 1050. The number of nitrogen functional groups attached to an aromatic ring is 1. The van der Waals surface area contributed by atoms with E-state index in [-0.39, 0.29) is 17.4 Å². The van der Waals surface area contributed by atoms with Gasteiger partial charge in [0.15, 0.2) is 5.82 Å². The molecule has 0 aliphatic rings. The van der Waals surface area contributed by atoms with Crippen LogP contribution in [0, 0.1) is 13.8 Å². The first-order valence-electron chi connectivity index (χ1n) is 8.60. The predicted octanol–water partition coefficient (Wildman–Crippen LogP) is 3.70. The molecule has 1 heterocycles. The van der Waals surface area contributed by atoms with Gasteiger partial charge in [-0.3, -0.25) is 4.79 Å². The number of rotatable bonds is 6. The van der Waals surface area contributed by atoms with Gasteiger partial charge in [-0.1, -0.05) is 47.1 Å². The number of nitrogens with zero attached hydrogens (tertiary/aromatic N) is 3. The number of thioether (sulfide) groups is 1. The number of amides is 1. The van der Waals surface area contributed by atoms with E-state index in [1.807, 2.05) is 26.0 Å². The van der Waals surface area contributed by atoms with E-state index in [1.54, 1.807) is 18.2 Å². The summed E-state index contributed by atoms with van der Waals surface area (Å²) in [4.78, 5) is 12.2. The number of halogens is 2. The van der Waals surface area contributed by atoms with Gasteiger partial charge >= 0.3 is 0 Å². The van der Waals surface area contributed by atoms with Crippen LogP contribution in [0.15, 0.2) is 35.5 Å². The molecule has 0 bridgehead atoms. The van der Waals surface area contributed by atoms with Gasteiger partial charge in [0.05, 0.1) is 10.8 Å². The Morgan fingerprint density at radius 3 is 2.55 bits per heavy atom. The monoisotopic (exact) mass is 451 g/mol. The van der Waals surface area contributed by atoms with E-state index in [0.717, 1.165) is 16.7 Å². The van der Waals surface area contributed by atoms with Crippen LogP contribution in [0.25, 0.3) is 11.4 Å². The van der Waals surface area contributed by atoms with E-state index < -0.39 is 0 Å². The van der Waals surface area contributed by atoms with Crippen LogP contribution in [0.2, 0.25) is 10.0 Å². The average molecular weight is 452 g/mol. The number of phenols is 1. The van der Waals surface area contributed by atoms with Crippen LogP contribution in [0.5, 0.6) is 5.75 Å². The lowest BCUT2D eigenvalue weighted by atomic mass is 10.1. The van der Waals surface area contributed by atoms with Crippen LogP contribution in [-0.4, -0.2) is 31.6 Å². The summed E-state index contributed by atoms with van der Waals surface area (Å²) < 4.78 is 1.29. The molecule has 3 aromatic rings. The highest BCUT2D eigenvalue weighted by molar-refractivity contribution is 7.99. The summed E-state index contributed by atoms with van der Waals surface area (Å²) in [5.41, 5.74) is 3.06. The molecule has 152 valence electrons. The molecule has 0 atom stereocenters. The molecule has 4 N–H and O–H groups in total. The van der Waals surface area contributed by atoms with Gasteiger partial charge in [-0.2, -0.15) is 0 Å². The largest absolute Gasteiger partial charge is 0.507 e. The maximum atomic E-state index is 12.2. The van der Waals surface area contributed by atoms with E-state index in [9.17, 15) is 9.90 Å². The van der Waals surface area contributed by atoms with Crippen LogP contribution in [0.3, 0.4) is 0 Å². The van der Waals surface area contributed by atoms with E-state index in [0.29, 0.717) is 33.1 Å². The van der Waals surface area contributed by atoms with Gasteiger partial charge in [0.2, 0.25) is 11.1 Å². The molecule has 0 saturated carbocycles. The number of carbonyl (C=O) groups excluding carboxylic acids is 1. The molecular weight excluding hydrogens is 433 g/mol. The quantitative estimate of drug-likeness (QED) is 0.389. The molecule has 0 radical (unpaired) electrons. The van der Waals surface area contributed by atoms with Crippen molar-refractivity contribution in [1.82, 2.24) is 20.2 Å². The summed E-state index contributed by atoms with van der Waals surface area (Å²) in [6.45, 7) is 4.01. The minimum Gasteiger partial charge on any atom is -0.507 e. The Balaban J connectivity index is 1.60. The maximum Gasteiger partial charge on any atom is 0.230 e. The van der Waals surface area contributed by atoms with Gasteiger partial charge in [-0.25, -0.2) is 4.68 Å². The first-order chi connectivity index (χ1) is 13.8. The van der Waals surface area contributed by atoms with Crippen molar-refractivity contribution in [3.8, 4) is 17.1 Å². The van der Waals surface area contributed by atoms with Gasteiger partial charge < -0.3 is 16.3 Å². The second-order valence-corrected chi connectivity index (χ2v) is 8.23. The van der Waals surface area contributed by atoms with E-state index in [2.05, 4.69) is 15.5 Å². The molecule has 0 spiro atoms. The van der Waals surface area contributed by atoms with Gasteiger partial charge in [-0.15, -0.1) is 10.2 Å². The van der Waals surface area contributed by atoms with Crippen LogP contribution in [0.1, 0.15) is 16.7 Å². The summed E-state index contributed by atoms with van der Waals surface area (Å²) in [6.07, 6.45) is 0. The van der Waals surface area contributed by atoms with Crippen LogP contribution in [-0.2, 0) is 11.3 Å². The standard InChI is InChI=1S/C19H19Cl2N5O2S/c1-10-5-12(6-11(2)17(10)28)8-23-16(27)9-29-19-25-24-18(26(19)22)14-4-3-13(20)7-15(14)21/h3-7,28H,8-9,22H2,1-2H3,(H,23,27). The van der Waals surface area contributed by atoms with Crippen molar-refractivity contribution in [3.63, 3.8) is 0 Å². The number of phenolic OH excluding ortho intramolecular Hbond substituents is 1. The van der Waals surface area contributed by atoms with Crippen molar-refractivity contribution < 1.29 is 9.90 Å². The Kier molecular flexibility index (Phi) is 6.56. The summed E-state index contributed by atoms with van der Waals surface area (Å²) in [6, 6.07) is 8.67. The lowest BCUT2D eigenvalue weighted by Gasteiger charge is -2.09. The highest BCUT2D eigenvalue weighted by Crippen LogP contribution is 2.30. The third-order valence-electron chi connectivity index (χ3n) is 4.21. The predicted molar refractivity (Wildman–Crippen MR) is 116 cm³/mol. The smallest absolute Gasteiger partial charge is 0.230 e. The lowest BCUT2D eigenvalue weighted by Crippen LogP contribution is -2.25. The highest BCUT2D eigenvalue weighted by Gasteiger charge is 2.16. The molecular formula is C19H19Cl2N5O2S. The fourth-order valence-corrected chi connectivity index (χ4v) is 3.94. The lowest BCUT2D eigenvalue weighted by molar-refractivity contribution is -0.118. The van der Waals surface area contributed by atoms with Crippen molar-refractivity contribution in [1.29, 1.82) is 0 Å². The van der Waals surface area contributed by atoms with Gasteiger partial charge in [0, 0.05) is 17.1 Å². The molecule has 0 fully saturated rings. The Morgan fingerprint density at radius 2 is 1.90 bits per heavy atom. The normalized spacial score (nSPS) is 10.9. The minimum atomic E-state index is -0.174. The summed E-state index contributed by atoms with van der Waals surface area (Å²) in [7, 11) is 0. The third-order valence-corrected chi connectivity index (χ3v) is 5.70. The molecule has 1 aromatic heterocycles. The number of aromatic hydroxyl groups is 1. The number of hydrogen-bond donors (Lipinski definition) is 3. The number of benzene rings is 2. The van der Waals surface area contributed by atoms with Crippen molar-refractivity contribution in [2.75, 3.05) is 11.6 Å². The first-order valence-corrected chi connectivity index (χ1v) is 10.3. The van der Waals surface area contributed by atoms with Crippen LogP contribution in [0.4, 0.5) is 0 Å².